The zero-order valence-electron chi connectivity index (χ0n) is 37.6. The van der Waals surface area contributed by atoms with E-state index in [-0.39, 0.29) is 12.8 Å². The van der Waals surface area contributed by atoms with E-state index in [0.717, 1.165) is 96.3 Å². The van der Waals surface area contributed by atoms with Crippen LogP contribution in [0, 0.1) is 0 Å². The van der Waals surface area contributed by atoms with Crippen molar-refractivity contribution in [2.24, 2.45) is 0 Å². The highest BCUT2D eigenvalue weighted by Gasteiger charge is 2.51. The Morgan fingerprint density at radius 1 is 0.516 bits per heavy atom. The summed E-state index contributed by atoms with van der Waals surface area (Å²) in [6, 6.07) is 0. The van der Waals surface area contributed by atoms with Crippen LogP contribution in [0.2, 0.25) is 0 Å². The Morgan fingerprint density at radius 2 is 0.919 bits per heavy atom. The third-order valence-electron chi connectivity index (χ3n) is 10.3. The first kappa shape index (κ1) is 57.3. The number of unbranched alkanes of at least 4 members (excludes halogenated alkanes) is 13. The molecule has 0 bridgehead atoms. The van der Waals surface area contributed by atoms with Crippen LogP contribution in [0.3, 0.4) is 0 Å². The Labute approximate surface area is 372 Å². The van der Waals surface area contributed by atoms with Crippen LogP contribution in [0.4, 0.5) is 0 Å². The first-order valence-electron chi connectivity index (χ1n) is 23.2. The van der Waals surface area contributed by atoms with Gasteiger partial charge in [-0.3, -0.25) is 18.6 Å². The molecule has 0 aliphatic heterocycles. The summed E-state index contributed by atoms with van der Waals surface area (Å²) in [5.41, 5.74) is 0. The first-order valence-corrected chi connectivity index (χ1v) is 24.7. The van der Waals surface area contributed by atoms with Crippen molar-refractivity contribution in [3.63, 3.8) is 0 Å². The molecule has 0 saturated heterocycles. The van der Waals surface area contributed by atoms with Crippen LogP contribution in [0.1, 0.15) is 162 Å². The van der Waals surface area contributed by atoms with Gasteiger partial charge in [0.2, 0.25) is 0 Å². The standard InChI is InChI=1S/C48H81O13P/c1-3-5-7-9-11-13-15-17-19-21-23-25-27-29-31-33-35-37-42(50)60-40(39-59-62(56,57)61-48-46(54)44(52)43(51)45(53)47(48)55)38-58-41(49)36-34-32-30-28-26-24-22-20-18-16-14-12-10-8-6-4-2/h5,7,11,13-14,16-17,19-20,22-23,25,40,43-48,51-55H,3-4,6,8-10,12,15,18,21,24,26-39H2,1-2H3,(H,56,57)/b7-5-,13-11-,16-14-,19-17-,22-20-,25-23-. The number of phosphoric acid groups is 1. The van der Waals surface area contributed by atoms with Gasteiger partial charge < -0.3 is 39.9 Å². The Bertz CT molecular complexity index is 1360. The van der Waals surface area contributed by atoms with Gasteiger partial charge in [0.1, 0.15) is 43.2 Å². The molecule has 1 rings (SSSR count). The highest BCUT2D eigenvalue weighted by molar-refractivity contribution is 7.47. The van der Waals surface area contributed by atoms with Gasteiger partial charge in [-0.15, -0.1) is 0 Å². The molecule has 0 heterocycles. The fourth-order valence-corrected chi connectivity index (χ4v) is 7.51. The maximum Gasteiger partial charge on any atom is 0.472 e. The quantitative estimate of drug-likeness (QED) is 0.0149. The van der Waals surface area contributed by atoms with Crippen LogP contribution in [-0.2, 0) is 32.7 Å². The minimum atomic E-state index is -5.13. The van der Waals surface area contributed by atoms with E-state index in [4.69, 9.17) is 18.5 Å². The molecule has 1 aliphatic rings. The van der Waals surface area contributed by atoms with Crippen LogP contribution in [0.25, 0.3) is 0 Å². The van der Waals surface area contributed by atoms with Crippen LogP contribution >= 0.6 is 7.82 Å². The van der Waals surface area contributed by atoms with Gasteiger partial charge in [0.25, 0.3) is 0 Å². The minimum Gasteiger partial charge on any atom is -0.462 e. The summed E-state index contributed by atoms with van der Waals surface area (Å²) in [6.45, 7) is 3.13. The second-order valence-electron chi connectivity index (χ2n) is 15.9. The van der Waals surface area contributed by atoms with E-state index < -0.39 is 75.7 Å². The van der Waals surface area contributed by atoms with Gasteiger partial charge in [-0.2, -0.15) is 0 Å². The summed E-state index contributed by atoms with van der Waals surface area (Å²) in [5.74, 6) is -1.15. The number of phosphoric ester groups is 1. The van der Waals surface area contributed by atoms with Crippen LogP contribution in [0.15, 0.2) is 72.9 Å². The van der Waals surface area contributed by atoms with E-state index >= 15 is 0 Å². The van der Waals surface area contributed by atoms with Gasteiger partial charge in [-0.05, 0) is 83.5 Å². The van der Waals surface area contributed by atoms with Gasteiger partial charge in [0.15, 0.2) is 6.10 Å². The second kappa shape index (κ2) is 37.6. The average molecular weight is 897 g/mol. The Hall–Kier alpha value is -2.71. The molecule has 6 unspecified atom stereocenters. The average Bonchev–Trinajstić information content (AvgIpc) is 3.25. The van der Waals surface area contributed by atoms with Crippen molar-refractivity contribution in [1.82, 2.24) is 0 Å². The molecule has 62 heavy (non-hydrogen) atoms. The number of ether oxygens (including phenoxy) is 2. The summed E-state index contributed by atoms with van der Waals surface area (Å²) in [4.78, 5) is 35.7. The summed E-state index contributed by atoms with van der Waals surface area (Å²) in [5, 5.41) is 50.2. The smallest absolute Gasteiger partial charge is 0.462 e. The second-order valence-corrected chi connectivity index (χ2v) is 17.3. The lowest BCUT2D eigenvalue weighted by Crippen LogP contribution is -2.64. The molecule has 0 aromatic carbocycles. The lowest BCUT2D eigenvalue weighted by atomic mass is 9.85. The van der Waals surface area contributed by atoms with E-state index in [2.05, 4.69) is 86.8 Å². The minimum absolute atomic E-state index is 0.0618. The fourth-order valence-electron chi connectivity index (χ4n) is 6.54. The van der Waals surface area contributed by atoms with Gasteiger partial charge >= 0.3 is 19.8 Å². The van der Waals surface area contributed by atoms with Gasteiger partial charge in [0.05, 0.1) is 6.61 Å². The van der Waals surface area contributed by atoms with Crippen molar-refractivity contribution >= 4 is 19.8 Å². The summed E-state index contributed by atoms with van der Waals surface area (Å²) < 4.78 is 33.5. The van der Waals surface area contributed by atoms with Crippen LogP contribution in [-0.4, -0.2) is 98.3 Å². The molecule has 6 atom stereocenters. The van der Waals surface area contributed by atoms with E-state index in [1.165, 1.54) is 25.7 Å². The number of hydrogen-bond acceptors (Lipinski definition) is 12. The zero-order valence-corrected chi connectivity index (χ0v) is 38.5. The molecule has 0 aromatic rings. The number of allylic oxidation sites excluding steroid dienone is 12. The van der Waals surface area contributed by atoms with Crippen molar-refractivity contribution in [2.45, 2.75) is 204 Å². The molecular formula is C48H81O13P. The molecule has 356 valence electrons. The number of rotatable bonds is 37. The van der Waals surface area contributed by atoms with Crippen molar-refractivity contribution in [3.8, 4) is 0 Å². The molecule has 0 radical (unpaired) electrons. The third-order valence-corrected chi connectivity index (χ3v) is 11.3. The normalized spacial score (nSPS) is 22.5. The number of esters is 2. The molecule has 13 nitrogen and oxygen atoms in total. The molecule has 0 aromatic heterocycles. The van der Waals surface area contributed by atoms with Gasteiger partial charge in [0, 0.05) is 12.8 Å². The fraction of sp³-hybridized carbons (Fsp3) is 0.708. The highest BCUT2D eigenvalue weighted by Crippen LogP contribution is 2.47. The van der Waals surface area contributed by atoms with E-state index in [1.54, 1.807) is 0 Å². The molecular weight excluding hydrogens is 815 g/mol. The lowest BCUT2D eigenvalue weighted by Gasteiger charge is -2.41. The predicted molar refractivity (Wildman–Crippen MR) is 244 cm³/mol. The predicted octanol–water partition coefficient (Wildman–Crippen LogP) is 9.11. The highest BCUT2D eigenvalue weighted by atomic mass is 31.2. The van der Waals surface area contributed by atoms with Gasteiger partial charge in [-0.1, -0.05) is 138 Å². The molecule has 1 fully saturated rings. The SMILES string of the molecule is CC/C=C\C/C=C\C/C=C\C/C=C\CCCCCCC(=O)OC(COC(=O)CCCCCCC/C=C\C/C=C\CCCCCC)COP(=O)(O)OC1C(O)C(O)C(O)C(O)C1O. The topological polar surface area (TPSA) is 210 Å². The Kier molecular flexibility index (Phi) is 34.8. The maximum atomic E-state index is 12.8. The lowest BCUT2D eigenvalue weighted by molar-refractivity contribution is -0.220. The number of hydrogen-bond donors (Lipinski definition) is 6. The molecule has 0 spiro atoms. The number of aliphatic hydroxyl groups is 5. The Morgan fingerprint density at radius 3 is 1.40 bits per heavy atom. The monoisotopic (exact) mass is 897 g/mol. The van der Waals surface area contributed by atoms with E-state index in [9.17, 15) is 44.6 Å². The van der Waals surface area contributed by atoms with Gasteiger partial charge in [-0.25, -0.2) is 4.57 Å². The van der Waals surface area contributed by atoms with Crippen LogP contribution in [0.5, 0.6) is 0 Å². The molecule has 0 amide bonds. The van der Waals surface area contributed by atoms with Crippen molar-refractivity contribution in [3.05, 3.63) is 72.9 Å². The third kappa shape index (κ3) is 29.6. The number of carbonyl (C=O) groups is 2. The largest absolute Gasteiger partial charge is 0.472 e. The molecule has 1 aliphatic carbocycles. The van der Waals surface area contributed by atoms with Crippen LogP contribution < -0.4 is 0 Å². The number of carbonyl (C=O) groups excluding carboxylic acids is 2. The van der Waals surface area contributed by atoms with E-state index in [0.29, 0.717) is 12.8 Å². The molecule has 6 N–H and O–H groups in total. The summed E-state index contributed by atoms with van der Waals surface area (Å²) in [6.07, 6.45) is 33.8. The Balaban J connectivity index is 2.50. The first-order chi connectivity index (χ1) is 29.9. The van der Waals surface area contributed by atoms with Crippen molar-refractivity contribution in [2.75, 3.05) is 13.2 Å². The summed E-state index contributed by atoms with van der Waals surface area (Å²) >= 11 is 0. The number of aliphatic hydroxyl groups excluding tert-OH is 5. The van der Waals surface area contributed by atoms with Crippen molar-refractivity contribution < 1.29 is 63.1 Å². The zero-order chi connectivity index (χ0) is 45.7. The van der Waals surface area contributed by atoms with Crippen molar-refractivity contribution in [1.29, 1.82) is 0 Å². The molecule has 14 heteroatoms. The molecule has 1 saturated carbocycles. The summed E-state index contributed by atoms with van der Waals surface area (Å²) in [7, 11) is -5.13. The van der Waals surface area contributed by atoms with E-state index in [1.807, 2.05) is 0 Å². The maximum absolute atomic E-state index is 12.8.